The molecule has 0 aliphatic heterocycles. The van der Waals surface area contributed by atoms with E-state index in [2.05, 4.69) is 5.32 Å². The lowest BCUT2D eigenvalue weighted by Gasteiger charge is -2.40. The van der Waals surface area contributed by atoms with Crippen molar-refractivity contribution >= 4 is 11.4 Å². The zero-order valence-electron chi connectivity index (χ0n) is 10.7. The molecule has 0 amide bonds. The van der Waals surface area contributed by atoms with Gasteiger partial charge in [-0.15, -0.1) is 0 Å². The Morgan fingerprint density at radius 2 is 2.22 bits per heavy atom. The number of benzene rings is 1. The molecule has 1 aliphatic carbocycles. The molecule has 5 heteroatoms. The van der Waals surface area contributed by atoms with Gasteiger partial charge in [-0.3, -0.25) is 10.1 Å². The Labute approximate surface area is 106 Å². The Hall–Kier alpha value is -1.62. The molecule has 0 saturated heterocycles. The Balaban J connectivity index is 2.08. The summed E-state index contributed by atoms with van der Waals surface area (Å²) in [6.07, 6.45) is 3.28. The van der Waals surface area contributed by atoms with Crippen LogP contribution in [0.15, 0.2) is 18.2 Å². The van der Waals surface area contributed by atoms with Crippen molar-refractivity contribution in [2.24, 2.45) is 0 Å². The zero-order valence-corrected chi connectivity index (χ0v) is 10.7. The summed E-state index contributed by atoms with van der Waals surface area (Å²) in [6.45, 7) is 2.64. The summed E-state index contributed by atoms with van der Waals surface area (Å²) >= 11 is 0. The van der Waals surface area contributed by atoms with Crippen molar-refractivity contribution < 1.29 is 9.66 Å². The van der Waals surface area contributed by atoms with Gasteiger partial charge in [-0.2, -0.15) is 0 Å². The molecule has 98 valence electrons. The molecule has 1 aromatic rings. The van der Waals surface area contributed by atoms with Gasteiger partial charge in [0.25, 0.3) is 5.69 Å². The predicted octanol–water partition coefficient (Wildman–Crippen LogP) is 2.88. The maximum Gasteiger partial charge on any atom is 0.271 e. The van der Waals surface area contributed by atoms with Crippen molar-refractivity contribution in [1.29, 1.82) is 0 Å². The van der Waals surface area contributed by atoms with E-state index in [1.165, 1.54) is 12.5 Å². The highest BCUT2D eigenvalue weighted by atomic mass is 16.6. The number of nitrogens with zero attached hydrogens (tertiary/aromatic N) is 1. The van der Waals surface area contributed by atoms with Crippen molar-refractivity contribution in [3.8, 4) is 0 Å². The van der Waals surface area contributed by atoms with Crippen LogP contribution in [-0.2, 0) is 4.74 Å². The topological polar surface area (TPSA) is 64.4 Å². The van der Waals surface area contributed by atoms with Crippen LogP contribution in [-0.4, -0.2) is 24.2 Å². The Kier molecular flexibility index (Phi) is 3.52. The fourth-order valence-electron chi connectivity index (χ4n) is 2.19. The number of ether oxygens (including phenoxy) is 1. The van der Waals surface area contributed by atoms with Gasteiger partial charge in [-0.25, -0.2) is 0 Å². The Morgan fingerprint density at radius 3 is 2.72 bits per heavy atom. The molecule has 1 aliphatic rings. The predicted molar refractivity (Wildman–Crippen MR) is 69.9 cm³/mol. The highest BCUT2D eigenvalue weighted by molar-refractivity contribution is 5.57. The van der Waals surface area contributed by atoms with E-state index in [1.807, 2.05) is 6.92 Å². The fourth-order valence-corrected chi connectivity index (χ4v) is 2.19. The normalized spacial score (nSPS) is 17.0. The van der Waals surface area contributed by atoms with E-state index in [4.69, 9.17) is 4.74 Å². The summed E-state index contributed by atoms with van der Waals surface area (Å²) in [5, 5.41) is 14.0. The third-order valence-corrected chi connectivity index (χ3v) is 3.73. The van der Waals surface area contributed by atoms with Crippen LogP contribution >= 0.6 is 0 Å². The molecule has 0 radical (unpaired) electrons. The van der Waals surface area contributed by atoms with Crippen molar-refractivity contribution in [1.82, 2.24) is 0 Å². The van der Waals surface area contributed by atoms with Crippen LogP contribution in [0.2, 0.25) is 0 Å². The second kappa shape index (κ2) is 4.94. The SMILES string of the molecule is COC1(CNc2cc([N+](=O)[O-])ccc2C)CCC1. The van der Waals surface area contributed by atoms with Gasteiger partial charge in [0.2, 0.25) is 0 Å². The fraction of sp³-hybridized carbons (Fsp3) is 0.538. The summed E-state index contributed by atoms with van der Waals surface area (Å²) in [7, 11) is 1.72. The third-order valence-electron chi connectivity index (χ3n) is 3.73. The summed E-state index contributed by atoms with van der Waals surface area (Å²) in [4.78, 5) is 10.4. The monoisotopic (exact) mass is 250 g/mol. The molecule has 18 heavy (non-hydrogen) atoms. The van der Waals surface area contributed by atoms with Crippen LogP contribution in [0.4, 0.5) is 11.4 Å². The number of nitro groups is 1. The zero-order chi connectivity index (χ0) is 13.2. The van der Waals surface area contributed by atoms with Gasteiger partial charge in [-0.05, 0) is 31.7 Å². The second-order valence-corrected chi connectivity index (χ2v) is 4.85. The highest BCUT2D eigenvalue weighted by Gasteiger charge is 2.36. The molecular formula is C13H18N2O3. The molecule has 0 spiro atoms. The van der Waals surface area contributed by atoms with Crippen molar-refractivity contribution in [3.05, 3.63) is 33.9 Å². The first-order chi connectivity index (χ1) is 8.56. The lowest BCUT2D eigenvalue weighted by Crippen LogP contribution is -2.45. The molecule has 0 atom stereocenters. The van der Waals surface area contributed by atoms with Gasteiger partial charge in [0.05, 0.1) is 10.5 Å². The lowest BCUT2D eigenvalue weighted by atomic mass is 9.80. The second-order valence-electron chi connectivity index (χ2n) is 4.85. The first-order valence-corrected chi connectivity index (χ1v) is 6.10. The van der Waals surface area contributed by atoms with Gasteiger partial charge in [-0.1, -0.05) is 6.07 Å². The number of methoxy groups -OCH3 is 1. The van der Waals surface area contributed by atoms with Crippen LogP contribution in [0.5, 0.6) is 0 Å². The summed E-state index contributed by atoms with van der Waals surface area (Å²) in [5.41, 5.74) is 1.85. The average molecular weight is 250 g/mol. The molecule has 0 unspecified atom stereocenters. The third kappa shape index (κ3) is 2.46. The maximum absolute atomic E-state index is 10.7. The van der Waals surface area contributed by atoms with Gasteiger partial charge < -0.3 is 10.1 Å². The Morgan fingerprint density at radius 1 is 1.50 bits per heavy atom. The van der Waals surface area contributed by atoms with Crippen molar-refractivity contribution in [2.45, 2.75) is 31.8 Å². The first kappa shape index (κ1) is 12.8. The molecule has 1 N–H and O–H groups in total. The van der Waals surface area contributed by atoms with Gasteiger partial charge in [0.15, 0.2) is 0 Å². The number of rotatable bonds is 5. The van der Waals surface area contributed by atoms with E-state index < -0.39 is 0 Å². The van der Waals surface area contributed by atoms with Crippen LogP contribution in [0.1, 0.15) is 24.8 Å². The molecular weight excluding hydrogens is 232 g/mol. The molecule has 1 aromatic carbocycles. The Bertz CT molecular complexity index is 450. The van der Waals surface area contributed by atoms with E-state index in [1.54, 1.807) is 19.2 Å². The molecule has 2 rings (SSSR count). The standard InChI is InChI=1S/C13H18N2O3/c1-10-4-5-11(15(16)17)8-12(10)14-9-13(18-2)6-3-7-13/h4-5,8,14H,3,6-7,9H2,1-2H3. The molecule has 5 nitrogen and oxygen atoms in total. The molecule has 0 aromatic heterocycles. The van der Waals surface area contributed by atoms with Crippen LogP contribution < -0.4 is 5.32 Å². The number of hydrogen-bond donors (Lipinski definition) is 1. The van der Waals surface area contributed by atoms with E-state index in [0.717, 1.165) is 24.1 Å². The summed E-state index contributed by atoms with van der Waals surface area (Å²) < 4.78 is 5.52. The number of nitrogens with one attached hydrogen (secondary N) is 1. The largest absolute Gasteiger partial charge is 0.382 e. The highest BCUT2D eigenvalue weighted by Crippen LogP contribution is 2.35. The maximum atomic E-state index is 10.7. The minimum absolute atomic E-state index is 0.0862. The number of hydrogen-bond acceptors (Lipinski definition) is 4. The summed E-state index contributed by atoms with van der Waals surface area (Å²) in [5.74, 6) is 0. The quantitative estimate of drug-likeness (QED) is 0.644. The minimum Gasteiger partial charge on any atom is -0.382 e. The summed E-state index contributed by atoms with van der Waals surface area (Å²) in [6, 6.07) is 4.87. The van der Waals surface area contributed by atoms with Crippen molar-refractivity contribution in [2.75, 3.05) is 19.0 Å². The minimum atomic E-state index is -0.375. The molecule has 1 saturated carbocycles. The van der Waals surface area contributed by atoms with Gasteiger partial charge >= 0.3 is 0 Å². The smallest absolute Gasteiger partial charge is 0.271 e. The molecule has 0 bridgehead atoms. The van der Waals surface area contributed by atoms with Gasteiger partial charge in [0, 0.05) is 31.5 Å². The average Bonchev–Trinajstić information content (AvgIpc) is 2.30. The number of aryl methyl sites for hydroxylation is 1. The van der Waals surface area contributed by atoms with Crippen molar-refractivity contribution in [3.63, 3.8) is 0 Å². The van der Waals surface area contributed by atoms with E-state index in [0.29, 0.717) is 6.54 Å². The van der Waals surface area contributed by atoms with Crippen LogP contribution in [0.25, 0.3) is 0 Å². The van der Waals surface area contributed by atoms with Crippen LogP contribution in [0.3, 0.4) is 0 Å². The lowest BCUT2D eigenvalue weighted by molar-refractivity contribution is -0.384. The van der Waals surface area contributed by atoms with E-state index in [9.17, 15) is 10.1 Å². The number of nitro benzene ring substituents is 1. The first-order valence-electron chi connectivity index (χ1n) is 6.10. The molecule has 0 heterocycles. The number of anilines is 1. The van der Waals surface area contributed by atoms with Crippen LogP contribution in [0, 0.1) is 17.0 Å². The number of non-ortho nitro benzene ring substituents is 1. The molecule has 1 fully saturated rings. The van der Waals surface area contributed by atoms with Gasteiger partial charge in [0.1, 0.15) is 0 Å². The van der Waals surface area contributed by atoms with E-state index >= 15 is 0 Å². The van der Waals surface area contributed by atoms with E-state index in [-0.39, 0.29) is 16.2 Å².